The highest BCUT2D eigenvalue weighted by atomic mass is 79.9. The van der Waals surface area contributed by atoms with Gasteiger partial charge in [0.05, 0.1) is 0 Å². The summed E-state index contributed by atoms with van der Waals surface area (Å²) < 4.78 is 1.09. The fourth-order valence-corrected chi connectivity index (χ4v) is 3.06. The number of benzene rings is 1. The molecule has 0 unspecified atom stereocenters. The average molecular weight is 297 g/mol. The molecule has 1 heterocycles. The number of aryl methyl sites for hydroxylation is 1. The molecular formula is C12H13BrN2S. The predicted molar refractivity (Wildman–Crippen MR) is 72.6 cm³/mol. The molecule has 0 aliphatic rings. The number of nitrogens with two attached hydrogens (primary N) is 1. The molecule has 16 heavy (non-hydrogen) atoms. The van der Waals surface area contributed by atoms with Crippen molar-refractivity contribution >= 4 is 27.3 Å². The topological polar surface area (TPSA) is 38.9 Å². The van der Waals surface area contributed by atoms with Gasteiger partial charge in [0.1, 0.15) is 5.01 Å². The second-order valence-electron chi connectivity index (χ2n) is 3.50. The fraction of sp³-hybridized carbons (Fsp3) is 0.250. The van der Waals surface area contributed by atoms with Crippen molar-refractivity contribution in [1.82, 2.24) is 4.98 Å². The second kappa shape index (κ2) is 5.57. The fourth-order valence-electron chi connectivity index (χ4n) is 1.46. The molecule has 0 aliphatic heterocycles. The van der Waals surface area contributed by atoms with Crippen LogP contribution in [0.5, 0.6) is 0 Å². The van der Waals surface area contributed by atoms with Crippen LogP contribution in [0.2, 0.25) is 0 Å². The molecule has 84 valence electrons. The standard InChI is InChI=1S/C12H13BrN2S/c13-11-6-2-1-5-10(11)12-15-8-9(16-12)4-3-7-14/h1-2,5-6,8H,3-4,7,14H2. The Bertz CT molecular complexity index is 468. The zero-order chi connectivity index (χ0) is 11.4. The highest BCUT2D eigenvalue weighted by Crippen LogP contribution is 2.31. The molecule has 1 aromatic carbocycles. The lowest BCUT2D eigenvalue weighted by Gasteiger charge is -1.98. The largest absolute Gasteiger partial charge is 0.330 e. The zero-order valence-electron chi connectivity index (χ0n) is 8.82. The SMILES string of the molecule is NCCCc1cnc(-c2ccccc2Br)s1. The Morgan fingerprint density at radius 3 is 2.88 bits per heavy atom. The summed E-state index contributed by atoms with van der Waals surface area (Å²) in [6, 6.07) is 8.16. The van der Waals surface area contributed by atoms with Gasteiger partial charge in [-0.3, -0.25) is 0 Å². The minimum absolute atomic E-state index is 0.738. The van der Waals surface area contributed by atoms with Gasteiger partial charge in [-0.05, 0) is 25.5 Å². The number of hydrogen-bond donors (Lipinski definition) is 1. The molecular weight excluding hydrogens is 284 g/mol. The van der Waals surface area contributed by atoms with Gasteiger partial charge in [0.15, 0.2) is 0 Å². The highest BCUT2D eigenvalue weighted by Gasteiger charge is 2.07. The molecule has 0 amide bonds. The van der Waals surface area contributed by atoms with Crippen LogP contribution in [0.3, 0.4) is 0 Å². The molecule has 1 aromatic heterocycles. The van der Waals surface area contributed by atoms with Crippen LogP contribution in [0.1, 0.15) is 11.3 Å². The van der Waals surface area contributed by atoms with Gasteiger partial charge >= 0.3 is 0 Å². The Morgan fingerprint density at radius 2 is 2.12 bits per heavy atom. The van der Waals surface area contributed by atoms with E-state index >= 15 is 0 Å². The quantitative estimate of drug-likeness (QED) is 0.938. The van der Waals surface area contributed by atoms with Gasteiger partial charge in [-0.2, -0.15) is 0 Å². The van der Waals surface area contributed by atoms with Crippen molar-refractivity contribution in [2.24, 2.45) is 5.73 Å². The second-order valence-corrected chi connectivity index (χ2v) is 5.47. The maximum atomic E-state index is 5.50. The normalized spacial score (nSPS) is 10.6. The third-order valence-electron chi connectivity index (χ3n) is 2.29. The van der Waals surface area contributed by atoms with E-state index in [-0.39, 0.29) is 0 Å². The third-order valence-corrected chi connectivity index (χ3v) is 4.07. The van der Waals surface area contributed by atoms with E-state index in [0.29, 0.717) is 0 Å². The van der Waals surface area contributed by atoms with Crippen LogP contribution in [-0.4, -0.2) is 11.5 Å². The molecule has 2 nitrogen and oxygen atoms in total. The molecule has 0 bridgehead atoms. The third kappa shape index (κ3) is 2.70. The van der Waals surface area contributed by atoms with Crippen LogP contribution in [0.15, 0.2) is 34.9 Å². The van der Waals surface area contributed by atoms with E-state index in [9.17, 15) is 0 Å². The predicted octanol–water partition coefficient (Wildman–Crippen LogP) is 3.46. The van der Waals surface area contributed by atoms with Gasteiger partial charge in [0.2, 0.25) is 0 Å². The molecule has 0 aliphatic carbocycles. The van der Waals surface area contributed by atoms with Crippen molar-refractivity contribution in [3.8, 4) is 10.6 Å². The van der Waals surface area contributed by atoms with Crippen LogP contribution in [0, 0.1) is 0 Å². The van der Waals surface area contributed by atoms with Crippen LogP contribution >= 0.6 is 27.3 Å². The van der Waals surface area contributed by atoms with Crippen molar-refractivity contribution in [2.75, 3.05) is 6.54 Å². The van der Waals surface area contributed by atoms with Crippen molar-refractivity contribution in [3.63, 3.8) is 0 Å². The van der Waals surface area contributed by atoms with E-state index in [1.54, 1.807) is 11.3 Å². The van der Waals surface area contributed by atoms with Gasteiger partial charge in [-0.15, -0.1) is 11.3 Å². The first kappa shape index (κ1) is 11.8. The molecule has 0 radical (unpaired) electrons. The van der Waals surface area contributed by atoms with Gasteiger partial charge < -0.3 is 5.73 Å². The first-order chi connectivity index (χ1) is 7.81. The Labute approximate surface area is 108 Å². The number of nitrogens with zero attached hydrogens (tertiary/aromatic N) is 1. The summed E-state index contributed by atoms with van der Waals surface area (Å²) in [6.45, 7) is 0.738. The summed E-state index contributed by atoms with van der Waals surface area (Å²) in [6.07, 6.45) is 4.01. The molecule has 2 N–H and O–H groups in total. The van der Waals surface area contributed by atoms with Crippen LogP contribution < -0.4 is 5.73 Å². The molecule has 0 saturated heterocycles. The number of aromatic nitrogens is 1. The van der Waals surface area contributed by atoms with Crippen LogP contribution in [0.4, 0.5) is 0 Å². The molecule has 2 rings (SSSR count). The Hall–Kier alpha value is -0.710. The van der Waals surface area contributed by atoms with Gasteiger partial charge in [0.25, 0.3) is 0 Å². The summed E-state index contributed by atoms with van der Waals surface area (Å²) in [5.74, 6) is 0. The summed E-state index contributed by atoms with van der Waals surface area (Å²) in [5.41, 5.74) is 6.65. The van der Waals surface area contributed by atoms with Gasteiger partial charge in [-0.25, -0.2) is 4.98 Å². The molecule has 0 saturated carbocycles. The number of halogens is 1. The first-order valence-corrected chi connectivity index (χ1v) is 6.82. The minimum Gasteiger partial charge on any atom is -0.330 e. The average Bonchev–Trinajstić information content (AvgIpc) is 2.75. The Balaban J connectivity index is 2.22. The lowest BCUT2D eigenvalue weighted by atomic mass is 10.2. The van der Waals surface area contributed by atoms with E-state index in [1.807, 2.05) is 24.4 Å². The lowest BCUT2D eigenvalue weighted by Crippen LogP contribution is -1.99. The Kier molecular flexibility index (Phi) is 4.09. The monoisotopic (exact) mass is 296 g/mol. The molecule has 2 aromatic rings. The molecule has 0 fully saturated rings. The number of rotatable bonds is 4. The van der Waals surface area contributed by atoms with E-state index in [0.717, 1.165) is 34.4 Å². The van der Waals surface area contributed by atoms with E-state index in [2.05, 4.69) is 27.0 Å². The van der Waals surface area contributed by atoms with E-state index in [4.69, 9.17) is 5.73 Å². The van der Waals surface area contributed by atoms with E-state index in [1.165, 1.54) is 4.88 Å². The highest BCUT2D eigenvalue weighted by molar-refractivity contribution is 9.10. The minimum atomic E-state index is 0.738. The molecule has 4 heteroatoms. The van der Waals surface area contributed by atoms with Crippen molar-refractivity contribution < 1.29 is 0 Å². The van der Waals surface area contributed by atoms with Gasteiger partial charge in [0, 0.05) is 21.1 Å². The summed E-state index contributed by atoms with van der Waals surface area (Å²) in [4.78, 5) is 5.75. The number of hydrogen-bond acceptors (Lipinski definition) is 3. The van der Waals surface area contributed by atoms with Crippen LogP contribution in [0.25, 0.3) is 10.6 Å². The van der Waals surface area contributed by atoms with Gasteiger partial charge in [-0.1, -0.05) is 34.1 Å². The van der Waals surface area contributed by atoms with Crippen molar-refractivity contribution in [2.45, 2.75) is 12.8 Å². The smallest absolute Gasteiger partial charge is 0.124 e. The summed E-state index contributed by atoms with van der Waals surface area (Å²) in [7, 11) is 0. The molecule has 0 atom stereocenters. The van der Waals surface area contributed by atoms with Crippen molar-refractivity contribution in [1.29, 1.82) is 0 Å². The summed E-state index contributed by atoms with van der Waals surface area (Å²) in [5, 5.41) is 1.07. The maximum absolute atomic E-state index is 5.50. The maximum Gasteiger partial charge on any atom is 0.124 e. The first-order valence-electron chi connectivity index (χ1n) is 5.21. The Morgan fingerprint density at radius 1 is 1.31 bits per heavy atom. The van der Waals surface area contributed by atoms with Crippen molar-refractivity contribution in [3.05, 3.63) is 39.8 Å². The van der Waals surface area contributed by atoms with E-state index < -0.39 is 0 Å². The number of thiazole rings is 1. The lowest BCUT2D eigenvalue weighted by molar-refractivity contribution is 0.841. The van der Waals surface area contributed by atoms with Crippen LogP contribution in [-0.2, 0) is 6.42 Å². The zero-order valence-corrected chi connectivity index (χ0v) is 11.2. The molecule has 0 spiro atoms. The summed E-state index contributed by atoms with van der Waals surface area (Å²) >= 11 is 5.28.